The van der Waals surface area contributed by atoms with Gasteiger partial charge in [0, 0.05) is 5.69 Å². The molecule has 0 saturated carbocycles. The van der Waals surface area contributed by atoms with Crippen LogP contribution in [0.5, 0.6) is 0 Å². The molecular formula is C13H18N2O. The minimum Gasteiger partial charge on any atom is -0.475 e. The van der Waals surface area contributed by atoms with E-state index in [2.05, 4.69) is 18.8 Å². The molecule has 0 amide bonds. The van der Waals surface area contributed by atoms with E-state index in [1.807, 2.05) is 25.1 Å². The number of aryl methyl sites for hydroxylation is 1. The Labute approximate surface area is 96.3 Å². The highest BCUT2D eigenvalue weighted by molar-refractivity contribution is 6.00. The molecule has 0 radical (unpaired) electrons. The van der Waals surface area contributed by atoms with E-state index in [0.717, 1.165) is 16.8 Å². The molecule has 0 aliphatic carbocycles. The number of hydrogen-bond acceptors (Lipinski definition) is 3. The van der Waals surface area contributed by atoms with Crippen LogP contribution in [0.25, 0.3) is 0 Å². The van der Waals surface area contributed by atoms with Gasteiger partial charge in [-0.05, 0) is 24.5 Å². The SMILES string of the molecule is Cc1cccc(C2=NC(C(C)C)CO2)c1N. The van der Waals surface area contributed by atoms with E-state index in [-0.39, 0.29) is 6.04 Å². The van der Waals surface area contributed by atoms with E-state index in [1.54, 1.807) is 0 Å². The van der Waals surface area contributed by atoms with E-state index >= 15 is 0 Å². The summed E-state index contributed by atoms with van der Waals surface area (Å²) in [7, 11) is 0. The molecule has 16 heavy (non-hydrogen) atoms. The Hall–Kier alpha value is -1.51. The van der Waals surface area contributed by atoms with Crippen molar-refractivity contribution in [2.75, 3.05) is 12.3 Å². The van der Waals surface area contributed by atoms with Crippen LogP contribution in [0.15, 0.2) is 23.2 Å². The Kier molecular flexibility index (Phi) is 2.86. The number of anilines is 1. The minimum atomic E-state index is 0.259. The molecule has 1 aliphatic rings. The predicted octanol–water partition coefficient (Wildman–Crippen LogP) is 2.38. The van der Waals surface area contributed by atoms with E-state index in [4.69, 9.17) is 10.5 Å². The summed E-state index contributed by atoms with van der Waals surface area (Å²) in [6.07, 6.45) is 0. The maximum absolute atomic E-state index is 6.02. The van der Waals surface area contributed by atoms with Gasteiger partial charge < -0.3 is 10.5 Å². The first-order valence-electron chi connectivity index (χ1n) is 5.65. The lowest BCUT2D eigenvalue weighted by Gasteiger charge is -2.07. The van der Waals surface area contributed by atoms with Gasteiger partial charge in [-0.15, -0.1) is 0 Å². The Balaban J connectivity index is 2.32. The third-order valence-electron chi connectivity index (χ3n) is 3.00. The quantitative estimate of drug-likeness (QED) is 0.775. The first kappa shape index (κ1) is 11.0. The number of benzene rings is 1. The second kappa shape index (κ2) is 4.16. The smallest absolute Gasteiger partial charge is 0.218 e. The second-order valence-corrected chi connectivity index (χ2v) is 4.59. The Morgan fingerprint density at radius 2 is 2.19 bits per heavy atom. The summed E-state index contributed by atoms with van der Waals surface area (Å²) in [5, 5.41) is 0. The molecule has 86 valence electrons. The second-order valence-electron chi connectivity index (χ2n) is 4.59. The summed E-state index contributed by atoms with van der Waals surface area (Å²) in [5.41, 5.74) is 8.78. The third-order valence-corrected chi connectivity index (χ3v) is 3.00. The van der Waals surface area contributed by atoms with Gasteiger partial charge in [0.15, 0.2) is 0 Å². The molecule has 1 aliphatic heterocycles. The minimum absolute atomic E-state index is 0.259. The summed E-state index contributed by atoms with van der Waals surface area (Å²) in [5.74, 6) is 1.20. The average Bonchev–Trinajstić information content (AvgIpc) is 2.71. The standard InChI is InChI=1S/C13H18N2O/c1-8(2)11-7-16-13(15-11)10-6-4-5-9(3)12(10)14/h4-6,8,11H,7,14H2,1-3H3. The number of ether oxygens (including phenoxy) is 1. The van der Waals surface area contributed by atoms with E-state index in [0.29, 0.717) is 18.4 Å². The van der Waals surface area contributed by atoms with Crippen molar-refractivity contribution in [2.45, 2.75) is 26.8 Å². The number of nitrogens with two attached hydrogens (primary N) is 1. The first-order chi connectivity index (χ1) is 7.59. The number of aliphatic imine (C=N–C) groups is 1. The predicted molar refractivity (Wildman–Crippen MR) is 66.7 cm³/mol. The maximum atomic E-state index is 6.02. The summed E-state index contributed by atoms with van der Waals surface area (Å²) < 4.78 is 5.62. The molecule has 2 rings (SSSR count). The highest BCUT2D eigenvalue weighted by atomic mass is 16.5. The molecule has 1 unspecified atom stereocenters. The molecule has 0 saturated heterocycles. The number of nitrogens with zero attached hydrogens (tertiary/aromatic N) is 1. The topological polar surface area (TPSA) is 47.6 Å². The van der Waals surface area contributed by atoms with Crippen molar-refractivity contribution >= 4 is 11.6 Å². The molecule has 1 atom stereocenters. The van der Waals surface area contributed by atoms with Gasteiger partial charge in [-0.25, -0.2) is 4.99 Å². The fourth-order valence-corrected chi connectivity index (χ4v) is 1.75. The highest BCUT2D eigenvalue weighted by Crippen LogP contribution is 2.23. The van der Waals surface area contributed by atoms with E-state index in [9.17, 15) is 0 Å². The highest BCUT2D eigenvalue weighted by Gasteiger charge is 2.23. The fraction of sp³-hybridized carbons (Fsp3) is 0.462. The Morgan fingerprint density at radius 3 is 2.81 bits per heavy atom. The van der Waals surface area contributed by atoms with Crippen LogP contribution >= 0.6 is 0 Å². The van der Waals surface area contributed by atoms with Crippen LogP contribution in [0, 0.1) is 12.8 Å². The molecule has 3 heteroatoms. The van der Waals surface area contributed by atoms with Gasteiger partial charge >= 0.3 is 0 Å². The molecular weight excluding hydrogens is 200 g/mol. The van der Waals surface area contributed by atoms with Crippen molar-refractivity contribution in [1.29, 1.82) is 0 Å². The molecule has 1 heterocycles. The molecule has 0 bridgehead atoms. The number of para-hydroxylation sites is 1. The van der Waals surface area contributed by atoms with E-state index < -0.39 is 0 Å². The summed E-state index contributed by atoms with van der Waals surface area (Å²) in [4.78, 5) is 4.57. The van der Waals surface area contributed by atoms with Crippen LogP contribution in [-0.4, -0.2) is 18.5 Å². The molecule has 0 fully saturated rings. The summed E-state index contributed by atoms with van der Waals surface area (Å²) >= 11 is 0. The molecule has 1 aromatic rings. The first-order valence-corrected chi connectivity index (χ1v) is 5.65. The zero-order valence-electron chi connectivity index (χ0n) is 10.0. The molecule has 3 nitrogen and oxygen atoms in total. The summed E-state index contributed by atoms with van der Waals surface area (Å²) in [6.45, 7) is 6.97. The zero-order chi connectivity index (χ0) is 11.7. The Bertz CT molecular complexity index is 424. The van der Waals surface area contributed by atoms with Crippen LogP contribution in [0.1, 0.15) is 25.0 Å². The normalized spacial score (nSPS) is 19.8. The fourth-order valence-electron chi connectivity index (χ4n) is 1.75. The van der Waals surface area contributed by atoms with Gasteiger partial charge in [0.05, 0.1) is 11.6 Å². The summed E-state index contributed by atoms with van der Waals surface area (Å²) in [6, 6.07) is 6.20. The maximum Gasteiger partial charge on any atom is 0.218 e. The van der Waals surface area contributed by atoms with Crippen molar-refractivity contribution in [3.8, 4) is 0 Å². The zero-order valence-corrected chi connectivity index (χ0v) is 10.0. The van der Waals surface area contributed by atoms with Gasteiger partial charge in [-0.1, -0.05) is 26.0 Å². The number of hydrogen-bond donors (Lipinski definition) is 1. The molecule has 1 aromatic carbocycles. The van der Waals surface area contributed by atoms with E-state index in [1.165, 1.54) is 0 Å². The monoisotopic (exact) mass is 218 g/mol. The van der Waals surface area contributed by atoms with Gasteiger partial charge in [-0.3, -0.25) is 0 Å². The number of rotatable bonds is 2. The van der Waals surface area contributed by atoms with Crippen LogP contribution in [0.2, 0.25) is 0 Å². The van der Waals surface area contributed by atoms with Crippen molar-refractivity contribution in [3.63, 3.8) is 0 Å². The average molecular weight is 218 g/mol. The lowest BCUT2D eigenvalue weighted by atomic mass is 10.1. The number of nitrogen functional groups attached to an aromatic ring is 1. The van der Waals surface area contributed by atoms with Crippen molar-refractivity contribution < 1.29 is 4.74 Å². The lowest BCUT2D eigenvalue weighted by molar-refractivity contribution is 0.292. The molecule has 0 spiro atoms. The van der Waals surface area contributed by atoms with Gasteiger partial charge in [0.25, 0.3) is 0 Å². The van der Waals surface area contributed by atoms with Gasteiger partial charge in [0.1, 0.15) is 6.61 Å². The Morgan fingerprint density at radius 1 is 1.44 bits per heavy atom. The van der Waals surface area contributed by atoms with Crippen molar-refractivity contribution in [1.82, 2.24) is 0 Å². The molecule has 2 N–H and O–H groups in total. The largest absolute Gasteiger partial charge is 0.475 e. The lowest BCUT2D eigenvalue weighted by Crippen LogP contribution is -2.13. The van der Waals surface area contributed by atoms with Crippen LogP contribution in [-0.2, 0) is 4.74 Å². The van der Waals surface area contributed by atoms with Crippen LogP contribution < -0.4 is 5.73 Å². The van der Waals surface area contributed by atoms with Gasteiger partial charge in [0.2, 0.25) is 5.90 Å². The van der Waals surface area contributed by atoms with Crippen LogP contribution in [0.4, 0.5) is 5.69 Å². The third kappa shape index (κ3) is 1.90. The van der Waals surface area contributed by atoms with Gasteiger partial charge in [-0.2, -0.15) is 0 Å². The van der Waals surface area contributed by atoms with Crippen LogP contribution in [0.3, 0.4) is 0 Å². The van der Waals surface area contributed by atoms with Crippen molar-refractivity contribution in [2.24, 2.45) is 10.9 Å². The van der Waals surface area contributed by atoms with Crippen molar-refractivity contribution in [3.05, 3.63) is 29.3 Å². The molecule has 0 aromatic heterocycles.